The van der Waals surface area contributed by atoms with E-state index in [-0.39, 0.29) is 11.8 Å². The zero-order valence-electron chi connectivity index (χ0n) is 7.17. The molecule has 1 saturated carbocycles. The molecule has 1 aliphatic heterocycles. The molecule has 4 atom stereocenters. The summed E-state index contributed by atoms with van der Waals surface area (Å²) in [7, 11) is 0. The fourth-order valence-electron chi connectivity index (χ4n) is 2.24. The molecule has 2 fully saturated rings. The monoisotopic (exact) mass is 185 g/mol. The lowest BCUT2D eigenvalue weighted by Gasteiger charge is -2.30. The number of aliphatic hydroxyl groups excluding tert-OH is 2. The van der Waals surface area contributed by atoms with Gasteiger partial charge < -0.3 is 10.2 Å². The fourth-order valence-corrected chi connectivity index (χ4v) is 2.24. The van der Waals surface area contributed by atoms with Gasteiger partial charge in [-0.2, -0.15) is 0 Å². The molecule has 2 bridgehead atoms. The summed E-state index contributed by atoms with van der Waals surface area (Å²) in [6, 6.07) is -0.509. The molecule has 2 N–H and O–H groups in total. The van der Waals surface area contributed by atoms with Crippen LogP contribution in [-0.2, 0) is 9.59 Å². The largest absolute Gasteiger partial charge is 0.390 e. The van der Waals surface area contributed by atoms with Crippen molar-refractivity contribution in [2.24, 2.45) is 5.92 Å². The maximum absolute atomic E-state index is 11.4. The standard InChI is InChI=1S/C8H11NO4/c1-3(10)9-5-2-4(8(9)13)6(11)7(5)12/h4-7,11-12H,2H2,1H3/t4-,5-,6+,7-/m1/s1. The summed E-state index contributed by atoms with van der Waals surface area (Å²) in [5, 5.41) is 18.8. The van der Waals surface area contributed by atoms with Crippen LogP contribution >= 0.6 is 0 Å². The second-order valence-electron chi connectivity index (χ2n) is 3.62. The Labute approximate surface area is 75.0 Å². The predicted octanol–water partition coefficient (Wildman–Crippen LogP) is -1.51. The fraction of sp³-hybridized carbons (Fsp3) is 0.750. The Morgan fingerprint density at radius 1 is 1.46 bits per heavy atom. The summed E-state index contributed by atoms with van der Waals surface area (Å²) >= 11 is 0. The third-order valence-corrected chi connectivity index (χ3v) is 2.88. The Balaban J connectivity index is 2.29. The van der Waals surface area contributed by atoms with E-state index < -0.39 is 24.2 Å². The molecular weight excluding hydrogens is 174 g/mol. The van der Waals surface area contributed by atoms with Gasteiger partial charge >= 0.3 is 0 Å². The molecule has 0 aromatic heterocycles. The van der Waals surface area contributed by atoms with Crippen molar-refractivity contribution >= 4 is 11.8 Å². The lowest BCUT2D eigenvalue weighted by molar-refractivity contribution is -0.155. The van der Waals surface area contributed by atoms with Crippen LogP contribution in [0.15, 0.2) is 0 Å². The van der Waals surface area contributed by atoms with E-state index in [1.54, 1.807) is 0 Å². The first-order valence-corrected chi connectivity index (χ1v) is 4.24. The second-order valence-corrected chi connectivity index (χ2v) is 3.62. The van der Waals surface area contributed by atoms with E-state index in [0.717, 1.165) is 4.90 Å². The third kappa shape index (κ3) is 0.941. The van der Waals surface area contributed by atoms with Gasteiger partial charge in [0.25, 0.3) is 0 Å². The Morgan fingerprint density at radius 2 is 2.08 bits per heavy atom. The number of carbonyl (C=O) groups is 2. The lowest BCUT2D eigenvalue weighted by Crippen LogP contribution is -2.53. The van der Waals surface area contributed by atoms with Crippen LogP contribution in [0.3, 0.4) is 0 Å². The van der Waals surface area contributed by atoms with Crippen LogP contribution in [0.5, 0.6) is 0 Å². The Kier molecular flexibility index (Phi) is 1.68. The average Bonchev–Trinajstić information content (AvgIpc) is 2.50. The summed E-state index contributed by atoms with van der Waals surface area (Å²) in [5.74, 6) is -1.29. The highest BCUT2D eigenvalue weighted by molar-refractivity contribution is 5.98. The minimum absolute atomic E-state index is 0.352. The molecule has 5 nitrogen and oxygen atoms in total. The summed E-state index contributed by atoms with van der Waals surface area (Å²) < 4.78 is 0. The van der Waals surface area contributed by atoms with Gasteiger partial charge in [0.05, 0.1) is 18.1 Å². The normalized spacial score (nSPS) is 43.0. The summed E-state index contributed by atoms with van der Waals surface area (Å²) in [6.07, 6.45) is -1.57. The number of piperidine rings is 1. The minimum Gasteiger partial charge on any atom is -0.390 e. The van der Waals surface area contributed by atoms with Crippen molar-refractivity contribution in [2.75, 3.05) is 0 Å². The lowest BCUT2D eigenvalue weighted by atomic mass is 10.0. The number of hydrogen-bond donors (Lipinski definition) is 2. The van der Waals surface area contributed by atoms with Crippen LogP contribution < -0.4 is 0 Å². The molecule has 0 unspecified atom stereocenters. The van der Waals surface area contributed by atoms with Crippen LogP contribution in [0.2, 0.25) is 0 Å². The number of amides is 2. The first-order chi connectivity index (χ1) is 6.04. The molecule has 2 rings (SSSR count). The van der Waals surface area contributed by atoms with Crippen molar-refractivity contribution < 1.29 is 19.8 Å². The van der Waals surface area contributed by atoms with Crippen LogP contribution in [0.1, 0.15) is 13.3 Å². The molecule has 1 aliphatic carbocycles. The summed E-state index contributed by atoms with van der Waals surface area (Å²) in [6.45, 7) is 1.29. The Hall–Kier alpha value is -0.940. The number of rotatable bonds is 0. The van der Waals surface area contributed by atoms with E-state index in [2.05, 4.69) is 0 Å². The first kappa shape index (κ1) is 8.65. The van der Waals surface area contributed by atoms with Gasteiger partial charge in [-0.25, -0.2) is 0 Å². The average molecular weight is 185 g/mol. The van der Waals surface area contributed by atoms with E-state index in [1.807, 2.05) is 0 Å². The number of hydrogen-bond acceptors (Lipinski definition) is 4. The number of likely N-dealkylation sites (tertiary alicyclic amines) is 1. The maximum Gasteiger partial charge on any atom is 0.235 e. The van der Waals surface area contributed by atoms with Crippen molar-refractivity contribution in [3.8, 4) is 0 Å². The number of fused-ring (bicyclic) bond motifs is 2. The molecule has 72 valence electrons. The molecule has 5 heteroatoms. The molecule has 1 heterocycles. The second kappa shape index (κ2) is 2.52. The Bertz CT molecular complexity index is 277. The minimum atomic E-state index is -0.993. The zero-order valence-corrected chi connectivity index (χ0v) is 7.17. The quantitative estimate of drug-likeness (QED) is 0.480. The van der Waals surface area contributed by atoms with E-state index in [9.17, 15) is 19.8 Å². The predicted molar refractivity (Wildman–Crippen MR) is 41.4 cm³/mol. The van der Waals surface area contributed by atoms with Gasteiger partial charge in [-0.15, -0.1) is 0 Å². The third-order valence-electron chi connectivity index (χ3n) is 2.88. The highest BCUT2D eigenvalue weighted by Crippen LogP contribution is 2.38. The van der Waals surface area contributed by atoms with Crippen LogP contribution in [0, 0.1) is 5.92 Å². The molecule has 1 saturated heterocycles. The first-order valence-electron chi connectivity index (χ1n) is 4.24. The van der Waals surface area contributed by atoms with E-state index >= 15 is 0 Å². The SMILES string of the molecule is CC(=O)N1C(=O)[C@@H]2C[C@@H]1[C@@H](O)[C@H]2O. The van der Waals surface area contributed by atoms with Gasteiger partial charge in [0.15, 0.2) is 0 Å². The number of aliphatic hydroxyl groups is 2. The molecule has 0 spiro atoms. The van der Waals surface area contributed by atoms with Crippen LogP contribution in [0.4, 0.5) is 0 Å². The smallest absolute Gasteiger partial charge is 0.235 e. The van der Waals surface area contributed by atoms with Crippen molar-refractivity contribution in [1.82, 2.24) is 4.90 Å². The van der Waals surface area contributed by atoms with E-state index in [1.165, 1.54) is 6.92 Å². The van der Waals surface area contributed by atoms with Crippen molar-refractivity contribution in [1.29, 1.82) is 0 Å². The van der Waals surface area contributed by atoms with Crippen LogP contribution in [0.25, 0.3) is 0 Å². The topological polar surface area (TPSA) is 77.8 Å². The molecular formula is C8H11NO4. The molecule has 0 aromatic carbocycles. The maximum atomic E-state index is 11.4. The molecule has 0 radical (unpaired) electrons. The molecule has 2 amide bonds. The molecule has 13 heavy (non-hydrogen) atoms. The van der Waals surface area contributed by atoms with Crippen molar-refractivity contribution in [3.63, 3.8) is 0 Å². The van der Waals surface area contributed by atoms with Gasteiger partial charge in [0.1, 0.15) is 6.10 Å². The number of nitrogens with zero attached hydrogens (tertiary/aromatic N) is 1. The molecule has 0 aromatic rings. The van der Waals surface area contributed by atoms with E-state index in [0.29, 0.717) is 6.42 Å². The van der Waals surface area contributed by atoms with E-state index in [4.69, 9.17) is 0 Å². The highest BCUT2D eigenvalue weighted by Gasteiger charge is 2.57. The van der Waals surface area contributed by atoms with Gasteiger partial charge in [0, 0.05) is 6.92 Å². The highest BCUT2D eigenvalue weighted by atomic mass is 16.3. The number of carbonyl (C=O) groups excluding carboxylic acids is 2. The Morgan fingerprint density at radius 3 is 2.54 bits per heavy atom. The summed E-state index contributed by atoms with van der Waals surface area (Å²) in [5.41, 5.74) is 0. The van der Waals surface area contributed by atoms with Gasteiger partial charge in [-0.3, -0.25) is 14.5 Å². The zero-order chi connectivity index (χ0) is 9.75. The summed E-state index contributed by atoms with van der Waals surface area (Å²) in [4.78, 5) is 23.5. The van der Waals surface area contributed by atoms with Crippen molar-refractivity contribution in [3.05, 3.63) is 0 Å². The van der Waals surface area contributed by atoms with Gasteiger partial charge in [-0.1, -0.05) is 0 Å². The van der Waals surface area contributed by atoms with Crippen molar-refractivity contribution in [2.45, 2.75) is 31.6 Å². The molecule has 2 aliphatic rings. The van der Waals surface area contributed by atoms with Gasteiger partial charge in [-0.05, 0) is 6.42 Å². The number of imide groups is 1. The van der Waals surface area contributed by atoms with Crippen LogP contribution in [-0.4, -0.2) is 45.2 Å². The van der Waals surface area contributed by atoms with Gasteiger partial charge in [0.2, 0.25) is 11.8 Å².